The van der Waals surface area contributed by atoms with Crippen LogP contribution in [0.2, 0.25) is 0 Å². The SMILES string of the molecule is CC(C)S(=O)(=O)N1CCN([C@@H](C)CN[C@]23CC[C@@H](C4(C)CC4)C2[C@H]2CC[C@@H]4[C@@]5(C)CC[C@H](OC(=O)[C@H]6C[C@@H](C(=O)O)C6(C)C)C(C)(C)C5CC[C@@]4(C)[C@]2(C)CC3)CC1. The smallest absolute Gasteiger partial charge is 0.309 e. The van der Waals surface area contributed by atoms with Gasteiger partial charge in [-0.25, -0.2) is 8.42 Å². The molecule has 0 bridgehead atoms. The third-order valence-corrected chi connectivity index (χ3v) is 23.3. The normalized spacial score (nSPS) is 46.1. The maximum Gasteiger partial charge on any atom is 0.309 e. The Labute approximate surface area is 352 Å². The standard InChI is InChI=1S/C48H81N3O6S/c1-30(2)58(55,56)51-26-24-50(25-27-51)31(3)29-49-48-19-14-32(44(8)20-21-44)39(48)33-12-13-37-45(9)17-16-38(57-41(54)35-28-34(40(52)53)42(35,4)5)43(6,7)36(45)15-18-47(37,11)46(33,10)22-23-48/h30-39,49H,12-29H2,1-11H3,(H,52,53)/t31-,32+,33+,34-,35+,36?,37+,38-,39?,45-,46+,47+,48-/m0/s1. The zero-order valence-corrected chi connectivity index (χ0v) is 39.1. The van der Waals surface area contributed by atoms with Gasteiger partial charge in [-0.15, -0.1) is 0 Å². The molecule has 1 aliphatic heterocycles. The molecule has 13 atom stereocenters. The molecule has 9 nitrogen and oxygen atoms in total. The quantitative estimate of drug-likeness (QED) is 0.211. The highest BCUT2D eigenvalue weighted by molar-refractivity contribution is 7.89. The van der Waals surface area contributed by atoms with Crippen molar-refractivity contribution in [3.05, 3.63) is 0 Å². The Morgan fingerprint density at radius 1 is 0.724 bits per heavy atom. The van der Waals surface area contributed by atoms with Gasteiger partial charge in [-0.2, -0.15) is 4.31 Å². The molecule has 0 amide bonds. The Kier molecular flexibility index (Phi) is 10.6. The first-order valence-electron chi connectivity index (χ1n) is 23.8. The van der Waals surface area contributed by atoms with E-state index in [1.165, 1.54) is 64.2 Å². The van der Waals surface area contributed by atoms with Crippen molar-refractivity contribution in [1.82, 2.24) is 14.5 Å². The lowest BCUT2D eigenvalue weighted by Crippen LogP contribution is -2.69. The zero-order valence-electron chi connectivity index (χ0n) is 38.3. The number of carboxylic acid groups (broad SMARTS) is 1. The molecule has 0 spiro atoms. The molecule has 10 heteroatoms. The Morgan fingerprint density at radius 2 is 1.40 bits per heavy atom. The number of esters is 1. The van der Waals surface area contributed by atoms with Gasteiger partial charge in [-0.1, -0.05) is 55.4 Å². The van der Waals surface area contributed by atoms with E-state index in [4.69, 9.17) is 4.74 Å². The number of aliphatic carboxylic acids is 1. The molecule has 7 saturated carbocycles. The maximum absolute atomic E-state index is 13.7. The van der Waals surface area contributed by atoms with Crippen molar-refractivity contribution < 1.29 is 27.9 Å². The van der Waals surface area contributed by atoms with Crippen molar-refractivity contribution in [2.24, 2.45) is 73.9 Å². The van der Waals surface area contributed by atoms with Gasteiger partial charge in [0.25, 0.3) is 0 Å². The van der Waals surface area contributed by atoms with Gasteiger partial charge in [0.2, 0.25) is 10.0 Å². The number of hydrogen-bond donors (Lipinski definition) is 2. The number of hydrogen-bond acceptors (Lipinski definition) is 7. The van der Waals surface area contributed by atoms with Crippen LogP contribution < -0.4 is 5.32 Å². The lowest BCUT2D eigenvalue weighted by atomic mass is 9.32. The summed E-state index contributed by atoms with van der Waals surface area (Å²) in [5.74, 6) is 1.51. The minimum Gasteiger partial charge on any atom is -0.481 e. The molecule has 330 valence electrons. The number of carbonyl (C=O) groups excluding carboxylic acids is 1. The first-order chi connectivity index (χ1) is 26.9. The summed E-state index contributed by atoms with van der Waals surface area (Å²) >= 11 is 0. The third-order valence-electron chi connectivity index (χ3n) is 21.0. The van der Waals surface area contributed by atoms with Crippen molar-refractivity contribution in [2.75, 3.05) is 32.7 Å². The molecule has 0 radical (unpaired) electrons. The molecule has 8 rings (SSSR count). The van der Waals surface area contributed by atoms with Gasteiger partial charge in [-0.05, 0) is 161 Å². The van der Waals surface area contributed by atoms with E-state index in [0.29, 0.717) is 54.6 Å². The van der Waals surface area contributed by atoms with E-state index in [2.05, 4.69) is 58.7 Å². The van der Waals surface area contributed by atoms with Gasteiger partial charge < -0.3 is 15.2 Å². The number of fused-ring (bicyclic) bond motifs is 7. The summed E-state index contributed by atoms with van der Waals surface area (Å²) < 4.78 is 34.0. The predicted octanol–water partition coefficient (Wildman–Crippen LogP) is 8.61. The third kappa shape index (κ3) is 6.28. The summed E-state index contributed by atoms with van der Waals surface area (Å²) in [6.07, 6.45) is 15.2. The molecule has 7 aliphatic carbocycles. The van der Waals surface area contributed by atoms with Crippen LogP contribution in [0.1, 0.15) is 160 Å². The van der Waals surface area contributed by atoms with Crippen LogP contribution in [0.25, 0.3) is 0 Å². The molecule has 0 aromatic rings. The number of nitrogens with zero attached hydrogens (tertiary/aromatic N) is 2. The molecule has 2 unspecified atom stereocenters. The van der Waals surface area contributed by atoms with Crippen LogP contribution in [0.5, 0.6) is 0 Å². The molecular formula is C48H81N3O6S. The van der Waals surface area contributed by atoms with Gasteiger partial charge in [0.05, 0.1) is 17.1 Å². The number of ether oxygens (including phenoxy) is 1. The van der Waals surface area contributed by atoms with Crippen LogP contribution >= 0.6 is 0 Å². The van der Waals surface area contributed by atoms with Crippen molar-refractivity contribution in [3.63, 3.8) is 0 Å². The number of sulfonamides is 1. The lowest BCUT2D eigenvalue weighted by molar-refractivity contribution is -0.249. The van der Waals surface area contributed by atoms with Crippen LogP contribution in [-0.2, 0) is 24.3 Å². The van der Waals surface area contributed by atoms with Gasteiger partial charge in [0.1, 0.15) is 6.10 Å². The second-order valence-electron chi connectivity index (χ2n) is 24.2. The zero-order chi connectivity index (χ0) is 42.2. The average Bonchev–Trinajstić information content (AvgIpc) is 3.77. The number of nitrogens with one attached hydrogen (secondary N) is 1. The highest BCUT2D eigenvalue weighted by atomic mass is 32.2. The Morgan fingerprint density at radius 3 is 2.00 bits per heavy atom. The molecule has 2 N–H and O–H groups in total. The largest absolute Gasteiger partial charge is 0.481 e. The molecule has 1 saturated heterocycles. The molecule has 8 aliphatic rings. The molecular weight excluding hydrogens is 747 g/mol. The Hall–Kier alpha value is -1.23. The number of carbonyl (C=O) groups is 2. The summed E-state index contributed by atoms with van der Waals surface area (Å²) in [5.41, 5.74) is 0.684. The van der Waals surface area contributed by atoms with E-state index in [1.807, 2.05) is 13.8 Å². The first kappa shape index (κ1) is 43.4. The Bertz CT molecular complexity index is 1730. The lowest BCUT2D eigenvalue weighted by Gasteiger charge is -2.73. The van der Waals surface area contributed by atoms with Crippen molar-refractivity contribution in [2.45, 2.75) is 183 Å². The van der Waals surface area contributed by atoms with E-state index in [1.54, 1.807) is 18.2 Å². The molecule has 0 aromatic heterocycles. The summed E-state index contributed by atoms with van der Waals surface area (Å²) in [5, 5.41) is 13.7. The van der Waals surface area contributed by atoms with E-state index in [0.717, 1.165) is 38.4 Å². The highest BCUT2D eigenvalue weighted by Gasteiger charge is 2.72. The molecule has 0 aromatic carbocycles. The van der Waals surface area contributed by atoms with Crippen LogP contribution in [0.15, 0.2) is 0 Å². The number of piperazine rings is 1. The highest BCUT2D eigenvalue weighted by Crippen LogP contribution is 2.78. The van der Waals surface area contributed by atoms with Crippen LogP contribution in [0, 0.1) is 73.9 Å². The monoisotopic (exact) mass is 828 g/mol. The molecule has 8 fully saturated rings. The van der Waals surface area contributed by atoms with Crippen LogP contribution in [0.3, 0.4) is 0 Å². The fourth-order valence-corrected chi connectivity index (χ4v) is 17.8. The van der Waals surface area contributed by atoms with Gasteiger partial charge in [0, 0.05) is 49.7 Å². The van der Waals surface area contributed by atoms with Gasteiger partial charge >= 0.3 is 11.9 Å². The van der Waals surface area contributed by atoms with E-state index < -0.39 is 27.3 Å². The molecule has 58 heavy (non-hydrogen) atoms. The first-order valence-corrected chi connectivity index (χ1v) is 25.3. The summed E-state index contributed by atoms with van der Waals surface area (Å²) in [6, 6.07) is 0.367. The number of carboxylic acids is 1. The second kappa shape index (κ2) is 14.1. The Balaban J connectivity index is 0.983. The fourth-order valence-electron chi connectivity index (χ4n) is 16.6. The van der Waals surface area contributed by atoms with Crippen LogP contribution in [0.4, 0.5) is 0 Å². The molecule has 1 heterocycles. The minimum atomic E-state index is -3.21. The van der Waals surface area contributed by atoms with Gasteiger partial charge in [0.15, 0.2) is 0 Å². The van der Waals surface area contributed by atoms with E-state index in [9.17, 15) is 23.1 Å². The fraction of sp³-hybridized carbons (Fsp3) is 0.958. The van der Waals surface area contributed by atoms with Gasteiger partial charge in [-0.3, -0.25) is 14.5 Å². The minimum absolute atomic E-state index is 0.131. The van der Waals surface area contributed by atoms with Crippen molar-refractivity contribution >= 4 is 22.0 Å². The summed E-state index contributed by atoms with van der Waals surface area (Å²) in [4.78, 5) is 28.0. The maximum atomic E-state index is 13.7. The van der Waals surface area contributed by atoms with E-state index >= 15 is 0 Å². The second-order valence-corrected chi connectivity index (χ2v) is 26.7. The van der Waals surface area contributed by atoms with Crippen molar-refractivity contribution in [3.8, 4) is 0 Å². The number of rotatable bonds is 10. The predicted molar refractivity (Wildman–Crippen MR) is 229 cm³/mol. The van der Waals surface area contributed by atoms with Crippen molar-refractivity contribution in [1.29, 1.82) is 0 Å². The average molecular weight is 828 g/mol. The summed E-state index contributed by atoms with van der Waals surface area (Å²) in [7, 11) is -3.21. The summed E-state index contributed by atoms with van der Waals surface area (Å²) in [6.45, 7) is 29.0. The topological polar surface area (TPSA) is 116 Å². The van der Waals surface area contributed by atoms with Crippen LogP contribution in [-0.4, -0.2) is 90.3 Å². The van der Waals surface area contributed by atoms with E-state index in [-0.39, 0.29) is 50.4 Å².